The zero-order chi connectivity index (χ0) is 37.0. The van der Waals surface area contributed by atoms with E-state index in [0.717, 1.165) is 54.1 Å². The second-order valence-electron chi connectivity index (χ2n) is 15.5. The van der Waals surface area contributed by atoms with Gasteiger partial charge in [0.2, 0.25) is 8.41 Å². The van der Waals surface area contributed by atoms with E-state index in [0.29, 0.717) is 38.3 Å². The minimum atomic E-state index is -3.32. The monoisotopic (exact) mass is 737 g/mol. The van der Waals surface area contributed by atoms with Crippen molar-refractivity contribution in [2.75, 3.05) is 41.1 Å². The maximum absolute atomic E-state index is 16.3. The molecule has 2 N–H and O–H groups in total. The van der Waals surface area contributed by atoms with Gasteiger partial charge in [0.05, 0.1) is 30.7 Å². The van der Waals surface area contributed by atoms with Crippen LogP contribution in [0, 0.1) is 5.92 Å². The quantitative estimate of drug-likeness (QED) is 0.170. The predicted molar refractivity (Wildman–Crippen MR) is 204 cm³/mol. The fourth-order valence-corrected chi connectivity index (χ4v) is 12.0. The number of carbonyl (C=O) groups is 2. The number of anilines is 3. The van der Waals surface area contributed by atoms with Crippen LogP contribution >= 0.6 is 0 Å². The number of carbonyl (C=O) groups excluding carboxylic acids is 2. The van der Waals surface area contributed by atoms with Gasteiger partial charge in [-0.2, -0.15) is 0 Å². The van der Waals surface area contributed by atoms with Crippen molar-refractivity contribution < 1.29 is 23.5 Å². The maximum atomic E-state index is 16.3. The molecule has 4 atom stereocenters. The van der Waals surface area contributed by atoms with Gasteiger partial charge in [-0.05, 0) is 81.3 Å². The molecule has 4 aromatic rings. The number of aromatic nitrogens is 3. The van der Waals surface area contributed by atoms with Crippen molar-refractivity contribution >= 4 is 37.3 Å². The van der Waals surface area contributed by atoms with E-state index in [1.54, 1.807) is 28.9 Å². The number of para-hydroxylation sites is 2. The summed E-state index contributed by atoms with van der Waals surface area (Å²) >= 11 is 0. The van der Waals surface area contributed by atoms with Gasteiger partial charge in [-0.25, -0.2) is 0 Å². The van der Waals surface area contributed by atoms with E-state index in [2.05, 4.69) is 32.7 Å². The number of amides is 2. The lowest BCUT2D eigenvalue weighted by atomic mass is 9.82. The molecule has 3 fully saturated rings. The van der Waals surface area contributed by atoms with E-state index in [1.165, 1.54) is 0 Å². The van der Waals surface area contributed by atoms with Gasteiger partial charge in [-0.15, -0.1) is 5.10 Å². The fraction of sp³-hybridized carbons (Fsp3) is 0.450. The number of aryl methyl sites for hydroxylation is 1. The zero-order valence-electron chi connectivity index (χ0n) is 30.6. The van der Waals surface area contributed by atoms with Gasteiger partial charge in [0.1, 0.15) is 5.54 Å². The summed E-state index contributed by atoms with van der Waals surface area (Å²) in [5, 5.41) is 21.0. The Morgan fingerprint density at radius 1 is 0.962 bits per heavy atom. The molecule has 8 rings (SSSR count). The molecule has 1 aromatic heterocycles. The van der Waals surface area contributed by atoms with E-state index in [1.807, 2.05) is 78.6 Å². The Kier molecular flexibility index (Phi) is 9.24. The highest BCUT2D eigenvalue weighted by Crippen LogP contribution is 2.60. The van der Waals surface area contributed by atoms with Crippen LogP contribution in [0.15, 0.2) is 85.1 Å². The van der Waals surface area contributed by atoms with Gasteiger partial charge in [-0.3, -0.25) is 19.2 Å². The Balaban J connectivity index is 1.04. The first-order valence-electron chi connectivity index (χ1n) is 18.8. The van der Waals surface area contributed by atoms with Crippen LogP contribution < -0.4 is 20.0 Å². The molecule has 2 amide bonds. The lowest BCUT2D eigenvalue weighted by Gasteiger charge is -2.39. The van der Waals surface area contributed by atoms with Crippen LogP contribution in [0.4, 0.5) is 21.2 Å². The molecule has 53 heavy (non-hydrogen) atoms. The lowest BCUT2D eigenvalue weighted by Crippen LogP contribution is -2.55. The van der Waals surface area contributed by atoms with E-state index < -0.39 is 37.1 Å². The molecule has 11 nitrogen and oxygen atoms in total. The topological polar surface area (TPSA) is 116 Å². The number of fused-ring (bicyclic) bond motifs is 2. The van der Waals surface area contributed by atoms with Crippen LogP contribution in [-0.4, -0.2) is 78.3 Å². The molecular formula is C40H48FN7O4Si. The number of aliphatic hydroxyl groups is 1. The molecule has 0 aliphatic carbocycles. The highest BCUT2D eigenvalue weighted by atomic mass is 28.4. The molecule has 13 heteroatoms. The highest BCUT2D eigenvalue weighted by Gasteiger charge is 2.66. The molecule has 3 saturated heterocycles. The van der Waals surface area contributed by atoms with Gasteiger partial charge in [0.25, 0.3) is 11.8 Å². The predicted octanol–water partition coefficient (Wildman–Crippen LogP) is 5.16. The first-order chi connectivity index (χ1) is 25.6. The van der Waals surface area contributed by atoms with Crippen molar-refractivity contribution in [2.24, 2.45) is 5.92 Å². The number of benzene rings is 3. The summed E-state index contributed by atoms with van der Waals surface area (Å²) < 4.78 is 24.9. The lowest BCUT2D eigenvalue weighted by molar-refractivity contribution is -0.146. The second-order valence-corrected chi connectivity index (χ2v) is 19.3. The van der Waals surface area contributed by atoms with Gasteiger partial charge >= 0.3 is 0 Å². The number of piperidine rings is 1. The summed E-state index contributed by atoms with van der Waals surface area (Å²) in [6, 6.07) is 25.9. The summed E-state index contributed by atoms with van der Waals surface area (Å²) in [4.78, 5) is 35.0. The van der Waals surface area contributed by atoms with Crippen LogP contribution in [0.25, 0.3) is 0 Å². The Morgan fingerprint density at radius 2 is 1.68 bits per heavy atom. The van der Waals surface area contributed by atoms with E-state index >= 15 is 4.11 Å². The summed E-state index contributed by atoms with van der Waals surface area (Å²) in [6.07, 6.45) is 3.68. The maximum Gasteiger partial charge on any atom is 0.264 e. The molecule has 0 bridgehead atoms. The van der Waals surface area contributed by atoms with E-state index in [4.69, 9.17) is 4.74 Å². The summed E-state index contributed by atoms with van der Waals surface area (Å²) in [6.45, 7) is 8.19. The summed E-state index contributed by atoms with van der Waals surface area (Å²) in [5.74, 6) is -0.448. The van der Waals surface area contributed by atoms with Gasteiger partial charge in [0.15, 0.2) is 5.60 Å². The fourth-order valence-electron chi connectivity index (χ4n) is 9.50. The Hall–Kier alpha value is -4.43. The van der Waals surface area contributed by atoms with Crippen LogP contribution in [0.5, 0.6) is 0 Å². The van der Waals surface area contributed by atoms with Crippen molar-refractivity contribution in [3.05, 3.63) is 102 Å². The van der Waals surface area contributed by atoms with Gasteiger partial charge in [-0.1, -0.05) is 60.7 Å². The van der Waals surface area contributed by atoms with Gasteiger partial charge < -0.3 is 29.1 Å². The van der Waals surface area contributed by atoms with Crippen LogP contribution in [-0.2, 0) is 39.4 Å². The van der Waals surface area contributed by atoms with E-state index in [9.17, 15) is 14.7 Å². The minimum Gasteiger partial charge on any atom is -0.396 e. The van der Waals surface area contributed by atoms with Crippen molar-refractivity contribution in [1.29, 1.82) is 0 Å². The number of ether oxygens (including phenoxy) is 1. The highest BCUT2D eigenvalue weighted by molar-refractivity contribution is 6.72. The molecule has 3 aromatic carbocycles. The molecule has 4 aliphatic rings. The Morgan fingerprint density at radius 3 is 2.40 bits per heavy atom. The third-order valence-corrected chi connectivity index (χ3v) is 14.5. The number of aliphatic hydroxyl groups excluding tert-OH is 1. The summed E-state index contributed by atoms with van der Waals surface area (Å²) in [7, 11) is -3.32. The smallest absolute Gasteiger partial charge is 0.264 e. The van der Waals surface area contributed by atoms with Crippen LogP contribution in [0.2, 0.25) is 18.6 Å². The third kappa shape index (κ3) is 5.98. The largest absolute Gasteiger partial charge is 0.396 e. The standard InChI is InChI=1S/C40H48FN7O4Si/c1-28-36(53(2,3)41)35(17-23-45-26-30(18-24-49)43-44-45)52-40(28)33-11-7-8-12-34(33)46(38(40)51)25-29-13-15-31(16-14-29)47-27-48(32-9-5-4-6-10-32)39(37(47)50)19-21-42-22-20-39/h4-16,26,28,35-36,42,49H,17-25,27H2,1-3H3/t28-,35+,36-,40+/m1/s1. The van der Waals surface area contributed by atoms with Crippen LogP contribution in [0.3, 0.4) is 0 Å². The van der Waals surface area contributed by atoms with Crippen molar-refractivity contribution in [3.8, 4) is 0 Å². The van der Waals surface area contributed by atoms with Crippen molar-refractivity contribution in [1.82, 2.24) is 20.3 Å². The first kappa shape index (κ1) is 35.6. The molecule has 0 saturated carbocycles. The molecule has 2 spiro atoms. The Bertz CT molecular complexity index is 1970. The minimum absolute atomic E-state index is 0.0132. The first-order valence-corrected chi connectivity index (χ1v) is 21.7. The molecule has 0 unspecified atom stereocenters. The number of nitrogens with zero attached hydrogens (tertiary/aromatic N) is 6. The average Bonchev–Trinajstić information content (AvgIpc) is 3.88. The Labute approximate surface area is 310 Å². The number of nitrogens with one attached hydrogen (secondary N) is 1. The average molecular weight is 738 g/mol. The molecule has 278 valence electrons. The molecule has 4 aliphatic heterocycles. The number of hydrogen-bond donors (Lipinski definition) is 2. The van der Waals surface area contributed by atoms with Crippen LogP contribution in [0.1, 0.15) is 43.0 Å². The van der Waals surface area contributed by atoms with E-state index in [-0.39, 0.29) is 18.4 Å². The number of rotatable bonds is 10. The normalized spacial score (nSPS) is 25.3. The number of halogens is 1. The van der Waals surface area contributed by atoms with Crippen molar-refractivity contribution in [2.45, 2.75) is 81.6 Å². The summed E-state index contributed by atoms with van der Waals surface area (Å²) in [5.41, 5.74) is 2.71. The van der Waals surface area contributed by atoms with Crippen molar-refractivity contribution in [3.63, 3.8) is 0 Å². The molecular weight excluding hydrogens is 690 g/mol. The molecule has 0 radical (unpaired) electrons. The third-order valence-electron chi connectivity index (χ3n) is 12.0. The second kappa shape index (κ2) is 13.8. The zero-order valence-corrected chi connectivity index (χ0v) is 31.6. The van der Waals surface area contributed by atoms with Gasteiger partial charge in [0, 0.05) is 54.2 Å². The SMILES string of the molecule is C[C@@H]1[C@@H]([Si](C)(C)F)[C@H](CCn2cc(CCO)nn2)O[C@@]12C(=O)N(Cc1ccc(N3CN(c4ccccc4)C4(CCNCC4)C3=O)cc1)c1ccccc12. The number of hydrogen-bond acceptors (Lipinski definition) is 8. The molecule has 5 heterocycles.